The van der Waals surface area contributed by atoms with E-state index in [1.54, 1.807) is 17.6 Å². The Balaban J connectivity index is 1.64. The summed E-state index contributed by atoms with van der Waals surface area (Å²) in [5, 5.41) is 16.2. The third kappa shape index (κ3) is 5.36. The van der Waals surface area contributed by atoms with Crippen LogP contribution in [0.2, 0.25) is 0 Å². The first-order chi connectivity index (χ1) is 15.4. The van der Waals surface area contributed by atoms with Gasteiger partial charge in [-0.2, -0.15) is 0 Å². The number of halogens is 1. The topological polar surface area (TPSA) is 117 Å². The van der Waals surface area contributed by atoms with Crippen LogP contribution < -0.4 is 10.2 Å². The molecule has 0 saturated heterocycles. The smallest absolute Gasteiger partial charge is 0.320 e. The summed E-state index contributed by atoms with van der Waals surface area (Å²) in [4.78, 5) is 20.5. The highest BCUT2D eigenvalue weighted by Gasteiger charge is 2.52. The molecule has 2 aromatic rings. The van der Waals surface area contributed by atoms with E-state index in [4.69, 9.17) is 20.1 Å². The van der Waals surface area contributed by atoms with Crippen molar-refractivity contribution in [1.29, 1.82) is 5.41 Å². The van der Waals surface area contributed by atoms with Crippen molar-refractivity contribution in [3.8, 4) is 17.0 Å². The first-order valence-corrected chi connectivity index (χ1v) is 10.2. The van der Waals surface area contributed by atoms with Crippen molar-refractivity contribution in [3.05, 3.63) is 66.1 Å². The molecule has 0 amide bonds. The molecule has 3 N–H and O–H groups in total. The Morgan fingerprint density at radius 3 is 2.72 bits per heavy atom. The van der Waals surface area contributed by atoms with Gasteiger partial charge in [-0.15, -0.1) is 0 Å². The number of rotatable bonds is 9. The molecule has 0 unspecified atom stereocenters. The minimum atomic E-state index is -0.748. The first-order valence-electron chi connectivity index (χ1n) is 10.2. The third-order valence-electron chi connectivity index (χ3n) is 5.11. The molecule has 168 valence electrons. The summed E-state index contributed by atoms with van der Waals surface area (Å²) >= 11 is 0. The number of nitrogens with zero attached hydrogens (tertiary/aromatic N) is 2. The average molecular weight is 440 g/mol. The van der Waals surface area contributed by atoms with E-state index in [2.05, 4.69) is 9.97 Å². The molecule has 1 fully saturated rings. The van der Waals surface area contributed by atoms with Crippen molar-refractivity contribution in [2.24, 2.45) is 5.41 Å². The number of pyridine rings is 2. The summed E-state index contributed by atoms with van der Waals surface area (Å²) in [6, 6.07) is 2.92. The maximum Gasteiger partial charge on any atom is 0.320 e. The number of hydroxylamine groups is 1. The Morgan fingerprint density at radius 1 is 1.31 bits per heavy atom. The van der Waals surface area contributed by atoms with Gasteiger partial charge in [-0.25, -0.2) is 14.4 Å². The fourth-order valence-corrected chi connectivity index (χ4v) is 2.99. The van der Waals surface area contributed by atoms with Gasteiger partial charge >= 0.3 is 5.97 Å². The van der Waals surface area contributed by atoms with E-state index >= 15 is 0 Å². The fourth-order valence-electron chi connectivity index (χ4n) is 2.99. The van der Waals surface area contributed by atoms with Crippen LogP contribution in [0.1, 0.15) is 37.4 Å². The zero-order valence-corrected chi connectivity index (χ0v) is 17.9. The van der Waals surface area contributed by atoms with E-state index in [9.17, 15) is 9.18 Å². The number of allylic oxidation sites excluding steroid dienone is 3. The number of nitrogens with one attached hydrogen (secondary N) is 2. The Labute approximate surface area is 185 Å². The molecule has 0 radical (unpaired) electrons. The Hall–Kier alpha value is -3.59. The molecule has 0 aliphatic heterocycles. The van der Waals surface area contributed by atoms with Crippen LogP contribution >= 0.6 is 0 Å². The molecule has 32 heavy (non-hydrogen) atoms. The van der Waals surface area contributed by atoms with Crippen LogP contribution in [-0.2, 0) is 9.53 Å². The summed E-state index contributed by atoms with van der Waals surface area (Å²) in [7, 11) is 0. The van der Waals surface area contributed by atoms with Gasteiger partial charge in [0.15, 0.2) is 11.7 Å². The van der Waals surface area contributed by atoms with Crippen molar-refractivity contribution < 1.29 is 23.9 Å². The molecule has 1 saturated carbocycles. The van der Waals surface area contributed by atoms with Crippen LogP contribution in [0.4, 0.5) is 4.39 Å². The van der Waals surface area contributed by atoms with Crippen molar-refractivity contribution in [3.63, 3.8) is 0 Å². The summed E-state index contributed by atoms with van der Waals surface area (Å²) in [5.74, 6) is -1.25. The van der Waals surface area contributed by atoms with Gasteiger partial charge in [0.1, 0.15) is 17.7 Å². The highest BCUT2D eigenvalue weighted by Crippen LogP contribution is 2.47. The minimum Gasteiger partial charge on any atom is -0.476 e. The van der Waals surface area contributed by atoms with Gasteiger partial charge in [0.2, 0.25) is 5.88 Å². The second-order valence-corrected chi connectivity index (χ2v) is 7.52. The highest BCUT2D eigenvalue weighted by molar-refractivity contribution is 5.94. The number of esters is 1. The third-order valence-corrected chi connectivity index (χ3v) is 5.11. The number of amidine groups is 1. The monoisotopic (exact) mass is 440 g/mol. The molecule has 0 spiro atoms. The molecule has 0 aromatic carbocycles. The van der Waals surface area contributed by atoms with Crippen LogP contribution in [0.25, 0.3) is 11.1 Å². The number of aryl methyl sites for hydroxylation is 1. The van der Waals surface area contributed by atoms with Crippen LogP contribution in [0.3, 0.4) is 0 Å². The van der Waals surface area contributed by atoms with Crippen molar-refractivity contribution in [1.82, 2.24) is 15.4 Å². The van der Waals surface area contributed by atoms with E-state index in [-0.39, 0.29) is 18.3 Å². The summed E-state index contributed by atoms with van der Waals surface area (Å²) in [5.41, 5.74) is 2.52. The van der Waals surface area contributed by atoms with E-state index in [1.807, 2.05) is 26.0 Å². The number of hydrogen-bond donors (Lipinski definition) is 3. The second kappa shape index (κ2) is 10.1. The lowest BCUT2D eigenvalue weighted by molar-refractivity contribution is -0.145. The van der Waals surface area contributed by atoms with Gasteiger partial charge in [0.25, 0.3) is 0 Å². The standard InChI is InChI=1S/C23H25FN4O4/c1-3-4-5-6-9-31-22(29)23(7-8-23)14-32-19-10-15(2)17(13-26-19)16-11-18(24)20(27-12-16)21(25)28-30/h4-6,9-13,30H,3,7-8,14H2,1-2H3,(H2,25,28)/b5-4-,9-6-. The van der Waals surface area contributed by atoms with E-state index in [0.29, 0.717) is 29.8 Å². The van der Waals surface area contributed by atoms with Crippen molar-refractivity contribution >= 4 is 11.8 Å². The average Bonchev–Trinajstić information content (AvgIpc) is 3.58. The van der Waals surface area contributed by atoms with Crippen LogP contribution in [0.5, 0.6) is 5.88 Å². The summed E-state index contributed by atoms with van der Waals surface area (Å²) in [6.07, 6.45) is 12.0. The molecule has 1 aliphatic rings. The van der Waals surface area contributed by atoms with Crippen LogP contribution in [0.15, 0.2) is 49.0 Å². The Bertz CT molecular complexity index is 1060. The number of ether oxygens (including phenoxy) is 2. The number of carbonyl (C=O) groups excluding carboxylic acids is 1. The molecule has 3 rings (SSSR count). The van der Waals surface area contributed by atoms with Crippen molar-refractivity contribution in [2.75, 3.05) is 6.61 Å². The molecule has 9 heteroatoms. The van der Waals surface area contributed by atoms with Gasteiger partial charge in [0, 0.05) is 29.6 Å². The molecule has 0 atom stereocenters. The van der Waals surface area contributed by atoms with Gasteiger partial charge in [-0.3, -0.25) is 20.9 Å². The molecular weight excluding hydrogens is 415 g/mol. The van der Waals surface area contributed by atoms with Crippen LogP contribution in [0, 0.1) is 23.6 Å². The van der Waals surface area contributed by atoms with Crippen LogP contribution in [-0.4, -0.2) is 33.6 Å². The normalized spacial score (nSPS) is 14.5. The van der Waals surface area contributed by atoms with E-state index in [0.717, 1.165) is 12.0 Å². The number of hydrogen-bond acceptors (Lipinski definition) is 7. The Kier molecular flexibility index (Phi) is 7.32. The van der Waals surface area contributed by atoms with Gasteiger partial charge in [0.05, 0.1) is 6.26 Å². The maximum absolute atomic E-state index is 14.2. The second-order valence-electron chi connectivity index (χ2n) is 7.52. The molecule has 0 bridgehead atoms. The molecule has 2 aromatic heterocycles. The molecule has 8 nitrogen and oxygen atoms in total. The van der Waals surface area contributed by atoms with E-state index in [1.165, 1.54) is 24.7 Å². The number of aromatic nitrogens is 2. The highest BCUT2D eigenvalue weighted by atomic mass is 19.1. The summed E-state index contributed by atoms with van der Waals surface area (Å²) < 4.78 is 25.2. The lowest BCUT2D eigenvalue weighted by Crippen LogP contribution is -2.24. The fraction of sp³-hybridized carbons (Fsp3) is 0.304. The zero-order chi connectivity index (χ0) is 23.1. The minimum absolute atomic E-state index is 0.164. The molecular formula is C23H25FN4O4. The number of carbonyl (C=O) groups is 1. The maximum atomic E-state index is 14.2. The molecule has 2 heterocycles. The lowest BCUT2D eigenvalue weighted by Gasteiger charge is -2.14. The van der Waals surface area contributed by atoms with Gasteiger partial charge in [-0.05, 0) is 43.9 Å². The first kappa shape index (κ1) is 23.1. The molecule has 1 aliphatic carbocycles. The van der Waals surface area contributed by atoms with Crippen molar-refractivity contribution in [2.45, 2.75) is 33.1 Å². The quantitative estimate of drug-likeness (QED) is 0.134. The van der Waals surface area contributed by atoms with Gasteiger partial charge in [-0.1, -0.05) is 19.1 Å². The zero-order valence-electron chi connectivity index (χ0n) is 17.9. The Morgan fingerprint density at radius 2 is 2.09 bits per heavy atom. The van der Waals surface area contributed by atoms with E-state index < -0.39 is 17.1 Å². The summed E-state index contributed by atoms with van der Waals surface area (Å²) in [6.45, 7) is 4.00. The SMILES string of the molecule is CC/C=C\C=C/OC(=O)C1(COc2cc(C)c(-c3cnc(C(=N)NO)c(F)c3)cn2)CC1. The largest absolute Gasteiger partial charge is 0.476 e. The predicted molar refractivity (Wildman–Crippen MR) is 116 cm³/mol. The van der Waals surface area contributed by atoms with Gasteiger partial charge < -0.3 is 9.47 Å². The lowest BCUT2D eigenvalue weighted by atomic mass is 10.0. The predicted octanol–water partition coefficient (Wildman–Crippen LogP) is 4.08.